The van der Waals surface area contributed by atoms with Crippen molar-refractivity contribution in [1.29, 1.82) is 0 Å². The number of hydrazine groups is 1. The van der Waals surface area contributed by atoms with Crippen LogP contribution in [-0.4, -0.2) is 7.11 Å². The van der Waals surface area contributed by atoms with Gasteiger partial charge in [-0.05, 0) is 36.5 Å². The van der Waals surface area contributed by atoms with E-state index in [-0.39, 0.29) is 6.04 Å². The van der Waals surface area contributed by atoms with Crippen LogP contribution in [0.3, 0.4) is 0 Å². The molecule has 0 aliphatic rings. The Labute approximate surface area is 123 Å². The minimum atomic E-state index is 0.200. The van der Waals surface area contributed by atoms with Crippen LogP contribution in [0.15, 0.2) is 18.2 Å². The molecule has 2 unspecified atom stereocenters. The number of ether oxygens (including phenoxy) is 1. The number of nitrogens with two attached hydrogens (primary N) is 1. The summed E-state index contributed by atoms with van der Waals surface area (Å²) in [4.78, 5) is 0. The van der Waals surface area contributed by atoms with E-state index in [1.54, 1.807) is 7.11 Å². The second-order valence-corrected chi connectivity index (χ2v) is 5.60. The molecule has 2 atom stereocenters. The van der Waals surface area contributed by atoms with Crippen LogP contribution in [0.25, 0.3) is 0 Å². The van der Waals surface area contributed by atoms with Crippen molar-refractivity contribution in [2.45, 2.75) is 58.9 Å². The lowest BCUT2D eigenvalue weighted by molar-refractivity contribution is 0.354. The fourth-order valence-electron chi connectivity index (χ4n) is 2.67. The zero-order chi connectivity index (χ0) is 15.0. The minimum absolute atomic E-state index is 0.200. The van der Waals surface area contributed by atoms with Crippen molar-refractivity contribution < 1.29 is 4.74 Å². The van der Waals surface area contributed by atoms with Crippen LogP contribution < -0.4 is 16.0 Å². The molecule has 1 rings (SSSR count). The van der Waals surface area contributed by atoms with E-state index >= 15 is 0 Å². The number of rotatable bonds is 9. The Hall–Kier alpha value is -1.06. The SMILES string of the molecule is CCCCC(CC)CC(NN)c1ccc(C)c(OC)c1. The molecule has 0 bridgehead atoms. The molecule has 0 spiro atoms. The molecule has 1 aromatic rings. The van der Waals surface area contributed by atoms with Crippen LogP contribution in [0.5, 0.6) is 5.75 Å². The molecule has 0 aliphatic carbocycles. The van der Waals surface area contributed by atoms with Gasteiger partial charge in [0.1, 0.15) is 5.75 Å². The number of hydrogen-bond acceptors (Lipinski definition) is 3. The quantitative estimate of drug-likeness (QED) is 0.528. The first-order chi connectivity index (χ1) is 9.65. The predicted octanol–water partition coefficient (Wildman–Crippen LogP) is 4.11. The number of aryl methyl sites for hydroxylation is 1. The summed E-state index contributed by atoms with van der Waals surface area (Å²) >= 11 is 0. The van der Waals surface area contributed by atoms with Gasteiger partial charge in [0.2, 0.25) is 0 Å². The van der Waals surface area contributed by atoms with E-state index in [0.717, 1.165) is 23.7 Å². The van der Waals surface area contributed by atoms with Gasteiger partial charge < -0.3 is 4.74 Å². The zero-order valence-corrected chi connectivity index (χ0v) is 13.4. The topological polar surface area (TPSA) is 47.3 Å². The maximum absolute atomic E-state index is 5.78. The summed E-state index contributed by atoms with van der Waals surface area (Å²) in [6.07, 6.45) is 6.14. The summed E-state index contributed by atoms with van der Waals surface area (Å²) < 4.78 is 5.41. The molecule has 0 radical (unpaired) electrons. The lowest BCUT2D eigenvalue weighted by atomic mass is 9.89. The Kier molecular flexibility index (Phi) is 7.63. The van der Waals surface area contributed by atoms with Crippen molar-refractivity contribution in [3.05, 3.63) is 29.3 Å². The van der Waals surface area contributed by atoms with Crippen LogP contribution in [0.1, 0.15) is 63.1 Å². The number of methoxy groups -OCH3 is 1. The average Bonchev–Trinajstić information content (AvgIpc) is 2.48. The number of unbranched alkanes of at least 4 members (excludes halogenated alkanes) is 1. The van der Waals surface area contributed by atoms with Crippen molar-refractivity contribution in [1.82, 2.24) is 5.43 Å². The fourth-order valence-corrected chi connectivity index (χ4v) is 2.67. The molecule has 3 heteroatoms. The van der Waals surface area contributed by atoms with Gasteiger partial charge >= 0.3 is 0 Å². The Morgan fingerprint density at radius 3 is 2.60 bits per heavy atom. The van der Waals surface area contributed by atoms with Crippen LogP contribution in [0, 0.1) is 12.8 Å². The second kappa shape index (κ2) is 8.98. The van der Waals surface area contributed by atoms with E-state index in [0.29, 0.717) is 0 Å². The summed E-state index contributed by atoms with van der Waals surface area (Å²) in [5.74, 6) is 7.44. The van der Waals surface area contributed by atoms with Gasteiger partial charge in [-0.2, -0.15) is 0 Å². The van der Waals surface area contributed by atoms with Gasteiger partial charge in [0.25, 0.3) is 0 Å². The highest BCUT2D eigenvalue weighted by Gasteiger charge is 2.16. The van der Waals surface area contributed by atoms with Gasteiger partial charge in [0.05, 0.1) is 7.11 Å². The maximum Gasteiger partial charge on any atom is 0.122 e. The molecule has 0 amide bonds. The molecule has 1 aromatic carbocycles. The van der Waals surface area contributed by atoms with Crippen molar-refractivity contribution in [3.63, 3.8) is 0 Å². The highest BCUT2D eigenvalue weighted by molar-refractivity contribution is 5.37. The number of nitrogens with one attached hydrogen (secondary N) is 1. The second-order valence-electron chi connectivity index (χ2n) is 5.60. The normalized spacial score (nSPS) is 14.1. The minimum Gasteiger partial charge on any atom is -0.496 e. The Bertz CT molecular complexity index is 393. The zero-order valence-electron chi connectivity index (χ0n) is 13.4. The fraction of sp³-hybridized carbons (Fsp3) is 0.647. The third-order valence-electron chi connectivity index (χ3n) is 4.15. The third kappa shape index (κ3) is 4.80. The van der Waals surface area contributed by atoms with E-state index in [1.807, 2.05) is 0 Å². The first kappa shape index (κ1) is 17.0. The van der Waals surface area contributed by atoms with Crippen molar-refractivity contribution >= 4 is 0 Å². The highest BCUT2D eigenvalue weighted by Crippen LogP contribution is 2.29. The first-order valence-electron chi connectivity index (χ1n) is 7.76. The molecular formula is C17H30N2O. The van der Waals surface area contributed by atoms with Crippen LogP contribution in [-0.2, 0) is 0 Å². The van der Waals surface area contributed by atoms with Crippen molar-refractivity contribution in [2.75, 3.05) is 7.11 Å². The van der Waals surface area contributed by atoms with Crippen molar-refractivity contribution in [3.8, 4) is 5.75 Å². The van der Waals surface area contributed by atoms with Crippen LogP contribution in [0.2, 0.25) is 0 Å². The van der Waals surface area contributed by atoms with E-state index in [4.69, 9.17) is 10.6 Å². The number of benzene rings is 1. The predicted molar refractivity (Wildman–Crippen MR) is 85.7 cm³/mol. The maximum atomic E-state index is 5.78. The molecule has 20 heavy (non-hydrogen) atoms. The lowest BCUT2D eigenvalue weighted by Crippen LogP contribution is -2.29. The molecule has 0 saturated carbocycles. The molecule has 0 saturated heterocycles. The lowest BCUT2D eigenvalue weighted by Gasteiger charge is -2.23. The molecule has 3 N–H and O–H groups in total. The van der Waals surface area contributed by atoms with Crippen LogP contribution in [0.4, 0.5) is 0 Å². The molecule has 0 aliphatic heterocycles. The van der Waals surface area contributed by atoms with Gasteiger partial charge in [0, 0.05) is 6.04 Å². The highest BCUT2D eigenvalue weighted by atomic mass is 16.5. The molecule has 114 valence electrons. The number of hydrogen-bond donors (Lipinski definition) is 2. The first-order valence-corrected chi connectivity index (χ1v) is 7.76. The summed E-state index contributed by atoms with van der Waals surface area (Å²) in [5, 5.41) is 0. The van der Waals surface area contributed by atoms with Gasteiger partial charge in [-0.3, -0.25) is 11.3 Å². The van der Waals surface area contributed by atoms with Crippen molar-refractivity contribution in [2.24, 2.45) is 11.8 Å². The Morgan fingerprint density at radius 2 is 2.05 bits per heavy atom. The molecule has 0 heterocycles. The van der Waals surface area contributed by atoms with E-state index in [9.17, 15) is 0 Å². The van der Waals surface area contributed by atoms with E-state index < -0.39 is 0 Å². The molecule has 0 aromatic heterocycles. The van der Waals surface area contributed by atoms with Gasteiger partial charge in [-0.1, -0.05) is 51.7 Å². The van der Waals surface area contributed by atoms with Crippen LogP contribution >= 0.6 is 0 Å². The summed E-state index contributed by atoms with van der Waals surface area (Å²) in [7, 11) is 1.72. The summed E-state index contributed by atoms with van der Waals surface area (Å²) in [6, 6.07) is 6.55. The molecule has 0 fully saturated rings. The summed E-state index contributed by atoms with van der Waals surface area (Å²) in [6.45, 7) is 6.57. The van der Waals surface area contributed by atoms with Gasteiger partial charge in [-0.15, -0.1) is 0 Å². The Balaban J connectivity index is 2.78. The molecular weight excluding hydrogens is 248 g/mol. The monoisotopic (exact) mass is 278 g/mol. The Morgan fingerprint density at radius 1 is 1.30 bits per heavy atom. The van der Waals surface area contributed by atoms with Gasteiger partial charge in [-0.25, -0.2) is 0 Å². The third-order valence-corrected chi connectivity index (χ3v) is 4.15. The van der Waals surface area contributed by atoms with E-state index in [2.05, 4.69) is 44.4 Å². The van der Waals surface area contributed by atoms with Gasteiger partial charge in [0.15, 0.2) is 0 Å². The van der Waals surface area contributed by atoms with E-state index in [1.165, 1.54) is 31.2 Å². The molecule has 3 nitrogen and oxygen atoms in total. The standard InChI is InChI=1S/C17H30N2O/c1-5-7-8-14(6-2)11-16(19-18)15-10-9-13(3)17(12-15)20-4/h9-10,12,14,16,19H,5-8,11,18H2,1-4H3. The smallest absolute Gasteiger partial charge is 0.122 e. The summed E-state index contributed by atoms with van der Waals surface area (Å²) in [5.41, 5.74) is 5.35. The average molecular weight is 278 g/mol. The largest absolute Gasteiger partial charge is 0.496 e.